The molecule has 3 heteroatoms. The van der Waals surface area contributed by atoms with Crippen LogP contribution in [0, 0.1) is 0 Å². The molecule has 1 aromatic heterocycles. The van der Waals surface area contributed by atoms with Gasteiger partial charge in [0, 0.05) is 16.6 Å². The minimum Gasteiger partial charge on any atom is -0.286 e. The first-order valence-corrected chi connectivity index (χ1v) is 6.05. The molecule has 0 N–H and O–H groups in total. The molecule has 0 amide bonds. The monoisotopic (exact) mass is 231 g/mol. The van der Waals surface area contributed by atoms with E-state index in [-0.39, 0.29) is 5.78 Å². The van der Waals surface area contributed by atoms with E-state index in [1.54, 1.807) is 6.20 Å². The third-order valence-electron chi connectivity index (χ3n) is 2.32. The van der Waals surface area contributed by atoms with Crippen molar-refractivity contribution >= 4 is 17.1 Å². The smallest absolute Gasteiger partial charge is 0.221 e. The van der Waals surface area contributed by atoms with Gasteiger partial charge in [-0.05, 0) is 5.92 Å². The Morgan fingerprint density at radius 2 is 1.94 bits per heavy atom. The quantitative estimate of drug-likeness (QED) is 0.757. The van der Waals surface area contributed by atoms with Gasteiger partial charge in [-0.25, -0.2) is 4.98 Å². The number of hydrogen-bond acceptors (Lipinski definition) is 3. The Morgan fingerprint density at radius 1 is 1.25 bits per heavy atom. The van der Waals surface area contributed by atoms with E-state index >= 15 is 0 Å². The molecule has 0 saturated carbocycles. The van der Waals surface area contributed by atoms with Crippen LogP contribution in [0.4, 0.5) is 0 Å². The zero-order valence-electron chi connectivity index (χ0n) is 9.31. The Morgan fingerprint density at radius 3 is 2.50 bits per heavy atom. The molecular weight excluding hydrogens is 218 g/mol. The third-order valence-corrected chi connectivity index (χ3v) is 3.62. The maximum atomic E-state index is 12.0. The predicted molar refractivity (Wildman–Crippen MR) is 66.1 cm³/mol. The first-order chi connectivity index (χ1) is 7.68. The van der Waals surface area contributed by atoms with Crippen molar-refractivity contribution in [1.29, 1.82) is 0 Å². The zero-order valence-corrected chi connectivity index (χ0v) is 10.1. The van der Waals surface area contributed by atoms with E-state index in [2.05, 4.69) is 18.8 Å². The highest BCUT2D eigenvalue weighted by Crippen LogP contribution is 2.23. The number of rotatable bonds is 3. The minimum absolute atomic E-state index is 0.0116. The molecule has 0 bridgehead atoms. The second-order valence-electron chi connectivity index (χ2n) is 3.92. The van der Waals surface area contributed by atoms with Crippen molar-refractivity contribution in [2.45, 2.75) is 19.8 Å². The number of benzene rings is 1. The number of thiazole rings is 1. The molecule has 1 heterocycles. The molecule has 0 fully saturated rings. The molecule has 0 atom stereocenters. The van der Waals surface area contributed by atoms with Crippen LogP contribution < -0.4 is 0 Å². The largest absolute Gasteiger partial charge is 0.286 e. The number of nitrogens with zero attached hydrogens (tertiary/aromatic N) is 1. The van der Waals surface area contributed by atoms with Gasteiger partial charge in [0.15, 0.2) is 5.01 Å². The Bertz CT molecular complexity index is 488. The lowest BCUT2D eigenvalue weighted by atomic mass is 10.1. The first-order valence-electron chi connectivity index (χ1n) is 5.24. The summed E-state index contributed by atoms with van der Waals surface area (Å²) in [5, 5.41) is 0.579. The maximum absolute atomic E-state index is 12.0. The molecule has 2 rings (SSSR count). The van der Waals surface area contributed by atoms with Gasteiger partial charge in [-0.2, -0.15) is 0 Å². The summed E-state index contributed by atoms with van der Waals surface area (Å²) < 4.78 is 0. The summed E-state index contributed by atoms with van der Waals surface area (Å²) in [4.78, 5) is 17.4. The number of carbonyl (C=O) groups excluding carboxylic acids is 1. The average molecular weight is 231 g/mol. The standard InChI is InChI=1S/C13H13NOS/c1-9(2)11-8-14-13(16-11)12(15)10-6-4-3-5-7-10/h3-9H,1-2H3. The molecule has 0 radical (unpaired) electrons. The summed E-state index contributed by atoms with van der Waals surface area (Å²) in [7, 11) is 0. The van der Waals surface area contributed by atoms with Crippen molar-refractivity contribution in [2.75, 3.05) is 0 Å². The summed E-state index contributed by atoms with van der Waals surface area (Å²) in [6, 6.07) is 9.27. The van der Waals surface area contributed by atoms with Gasteiger partial charge in [-0.3, -0.25) is 4.79 Å². The van der Waals surface area contributed by atoms with Crippen LogP contribution in [0.25, 0.3) is 0 Å². The van der Waals surface area contributed by atoms with Crippen molar-refractivity contribution < 1.29 is 4.79 Å². The number of hydrogen-bond donors (Lipinski definition) is 0. The van der Waals surface area contributed by atoms with Crippen LogP contribution in [0.1, 0.15) is 40.0 Å². The molecule has 1 aromatic carbocycles. The van der Waals surface area contributed by atoms with Gasteiger partial charge in [0.2, 0.25) is 5.78 Å². The molecule has 0 saturated heterocycles. The van der Waals surface area contributed by atoms with Gasteiger partial charge >= 0.3 is 0 Å². The molecule has 0 spiro atoms. The van der Waals surface area contributed by atoms with Crippen molar-refractivity contribution in [2.24, 2.45) is 0 Å². The summed E-state index contributed by atoms with van der Waals surface area (Å²) in [5.74, 6) is 0.437. The third kappa shape index (κ3) is 2.19. The van der Waals surface area contributed by atoms with Crippen molar-refractivity contribution in [3.8, 4) is 0 Å². The van der Waals surface area contributed by atoms with Gasteiger partial charge in [-0.1, -0.05) is 44.2 Å². The van der Waals surface area contributed by atoms with E-state index < -0.39 is 0 Å². The fourth-order valence-electron chi connectivity index (χ4n) is 1.37. The highest BCUT2D eigenvalue weighted by molar-refractivity contribution is 7.13. The Kier molecular flexibility index (Phi) is 3.15. The van der Waals surface area contributed by atoms with Gasteiger partial charge in [0.05, 0.1) is 0 Å². The lowest BCUT2D eigenvalue weighted by Gasteiger charge is -1.97. The molecule has 2 aromatic rings. The second kappa shape index (κ2) is 4.58. The summed E-state index contributed by atoms with van der Waals surface area (Å²) >= 11 is 1.48. The number of ketones is 1. The highest BCUT2D eigenvalue weighted by atomic mass is 32.1. The average Bonchev–Trinajstić information content (AvgIpc) is 2.78. The van der Waals surface area contributed by atoms with E-state index in [0.29, 0.717) is 16.5 Å². The van der Waals surface area contributed by atoms with E-state index in [1.165, 1.54) is 11.3 Å². The molecule has 82 valence electrons. The molecule has 2 nitrogen and oxygen atoms in total. The highest BCUT2D eigenvalue weighted by Gasteiger charge is 2.14. The van der Waals surface area contributed by atoms with Crippen LogP contribution >= 0.6 is 11.3 Å². The van der Waals surface area contributed by atoms with E-state index in [4.69, 9.17) is 0 Å². The molecule has 0 aliphatic rings. The second-order valence-corrected chi connectivity index (χ2v) is 4.98. The molecule has 0 unspecified atom stereocenters. The van der Waals surface area contributed by atoms with E-state index in [1.807, 2.05) is 30.3 Å². The van der Waals surface area contributed by atoms with Crippen LogP contribution in [0.2, 0.25) is 0 Å². The summed E-state index contributed by atoms with van der Waals surface area (Å²) in [6.07, 6.45) is 1.80. The Hall–Kier alpha value is -1.48. The summed E-state index contributed by atoms with van der Waals surface area (Å²) in [5.41, 5.74) is 0.701. The Balaban J connectivity index is 2.28. The maximum Gasteiger partial charge on any atom is 0.221 e. The molecule has 16 heavy (non-hydrogen) atoms. The van der Waals surface area contributed by atoms with Crippen LogP contribution in [0.15, 0.2) is 36.5 Å². The van der Waals surface area contributed by atoms with Crippen LogP contribution in [-0.2, 0) is 0 Å². The van der Waals surface area contributed by atoms with Crippen molar-refractivity contribution in [3.05, 3.63) is 52.0 Å². The molecule has 0 aliphatic heterocycles. The zero-order chi connectivity index (χ0) is 11.5. The minimum atomic E-state index is 0.0116. The van der Waals surface area contributed by atoms with E-state index in [0.717, 1.165) is 4.88 Å². The Labute approximate surface area is 99.0 Å². The first kappa shape index (κ1) is 11.0. The fourth-order valence-corrected chi connectivity index (χ4v) is 2.25. The predicted octanol–water partition coefficient (Wildman–Crippen LogP) is 3.50. The van der Waals surface area contributed by atoms with Crippen molar-refractivity contribution in [1.82, 2.24) is 4.98 Å². The molecule has 0 aliphatic carbocycles. The normalized spacial score (nSPS) is 10.7. The van der Waals surface area contributed by atoms with Crippen LogP contribution in [0.3, 0.4) is 0 Å². The van der Waals surface area contributed by atoms with Gasteiger partial charge < -0.3 is 0 Å². The summed E-state index contributed by atoms with van der Waals surface area (Å²) in [6.45, 7) is 4.20. The van der Waals surface area contributed by atoms with Crippen LogP contribution in [-0.4, -0.2) is 10.8 Å². The molecular formula is C13H13NOS. The topological polar surface area (TPSA) is 30.0 Å². The number of aromatic nitrogens is 1. The lowest BCUT2D eigenvalue weighted by Crippen LogP contribution is -1.99. The van der Waals surface area contributed by atoms with Crippen LogP contribution in [0.5, 0.6) is 0 Å². The van der Waals surface area contributed by atoms with E-state index in [9.17, 15) is 4.79 Å². The fraction of sp³-hybridized carbons (Fsp3) is 0.231. The van der Waals surface area contributed by atoms with Gasteiger partial charge in [0.1, 0.15) is 0 Å². The number of carbonyl (C=O) groups is 1. The lowest BCUT2D eigenvalue weighted by molar-refractivity contribution is 0.103. The van der Waals surface area contributed by atoms with Gasteiger partial charge in [0.25, 0.3) is 0 Å². The van der Waals surface area contributed by atoms with Gasteiger partial charge in [-0.15, -0.1) is 11.3 Å². The van der Waals surface area contributed by atoms with Crippen molar-refractivity contribution in [3.63, 3.8) is 0 Å². The SMILES string of the molecule is CC(C)c1cnc(C(=O)c2ccccc2)s1.